The van der Waals surface area contributed by atoms with Crippen molar-refractivity contribution in [1.29, 1.82) is 0 Å². The van der Waals surface area contributed by atoms with Gasteiger partial charge >= 0.3 is 5.97 Å². The number of esters is 1. The second-order valence-electron chi connectivity index (χ2n) is 6.32. The summed E-state index contributed by atoms with van der Waals surface area (Å²) >= 11 is 2.74. The van der Waals surface area contributed by atoms with Crippen LogP contribution in [-0.4, -0.2) is 49.0 Å². The van der Waals surface area contributed by atoms with Crippen molar-refractivity contribution < 1.29 is 23.9 Å². The minimum absolute atomic E-state index is 0.0989. The van der Waals surface area contributed by atoms with Crippen molar-refractivity contribution in [2.24, 2.45) is 0 Å². The molecule has 1 aromatic heterocycles. The number of thioether (sulfide) groups is 1. The SMILES string of the molecule is CC(=O)NCCc1ccc(C(=O)COC(=O)CN2C(=O)CSc3ccccc32)s1. The fourth-order valence-corrected chi connectivity index (χ4v) is 4.61. The van der Waals surface area contributed by atoms with Gasteiger partial charge in [0.15, 0.2) is 6.61 Å². The first-order valence-electron chi connectivity index (χ1n) is 8.98. The van der Waals surface area contributed by atoms with Crippen LogP contribution in [-0.2, 0) is 25.5 Å². The van der Waals surface area contributed by atoms with E-state index in [-0.39, 0.29) is 36.5 Å². The summed E-state index contributed by atoms with van der Waals surface area (Å²) in [6.07, 6.45) is 0.631. The number of Topliss-reactive ketones (excluding diaryl/α,β-unsaturated/α-hetero) is 1. The maximum Gasteiger partial charge on any atom is 0.326 e. The predicted molar refractivity (Wildman–Crippen MR) is 112 cm³/mol. The largest absolute Gasteiger partial charge is 0.456 e. The van der Waals surface area contributed by atoms with Crippen LogP contribution in [0.15, 0.2) is 41.3 Å². The molecule has 0 saturated heterocycles. The second-order valence-corrected chi connectivity index (χ2v) is 8.50. The Morgan fingerprint density at radius 3 is 2.76 bits per heavy atom. The minimum Gasteiger partial charge on any atom is -0.456 e. The molecular weight excluding hydrogens is 412 g/mol. The van der Waals surface area contributed by atoms with Crippen LogP contribution < -0.4 is 10.2 Å². The fourth-order valence-electron chi connectivity index (χ4n) is 2.74. The highest BCUT2D eigenvalue weighted by Crippen LogP contribution is 2.34. The summed E-state index contributed by atoms with van der Waals surface area (Å²) < 4.78 is 5.11. The van der Waals surface area contributed by atoms with Gasteiger partial charge in [-0.15, -0.1) is 23.1 Å². The molecule has 0 radical (unpaired) electrons. The number of carbonyl (C=O) groups excluding carboxylic acids is 4. The van der Waals surface area contributed by atoms with Crippen molar-refractivity contribution in [2.45, 2.75) is 18.2 Å². The molecular formula is C20H20N2O5S2. The van der Waals surface area contributed by atoms with E-state index in [0.717, 1.165) is 9.77 Å². The Hall–Kier alpha value is -2.65. The maximum absolute atomic E-state index is 12.3. The van der Waals surface area contributed by atoms with Gasteiger partial charge in [0, 0.05) is 23.2 Å². The van der Waals surface area contributed by atoms with Crippen LogP contribution in [0.2, 0.25) is 0 Å². The number of amides is 2. The summed E-state index contributed by atoms with van der Waals surface area (Å²) in [4.78, 5) is 51.3. The molecule has 7 nitrogen and oxygen atoms in total. The van der Waals surface area contributed by atoms with Gasteiger partial charge in [-0.2, -0.15) is 0 Å². The summed E-state index contributed by atoms with van der Waals surface area (Å²) in [5.74, 6) is -0.928. The van der Waals surface area contributed by atoms with Gasteiger partial charge < -0.3 is 10.1 Å². The molecule has 3 rings (SSSR count). The lowest BCUT2D eigenvalue weighted by Crippen LogP contribution is -2.40. The first-order valence-corrected chi connectivity index (χ1v) is 10.8. The molecule has 0 unspecified atom stereocenters. The third-order valence-corrected chi connectivity index (χ3v) is 6.38. The Labute approximate surface area is 176 Å². The van der Waals surface area contributed by atoms with Crippen LogP contribution in [0.5, 0.6) is 0 Å². The highest BCUT2D eigenvalue weighted by molar-refractivity contribution is 8.00. The fraction of sp³-hybridized carbons (Fsp3) is 0.300. The molecule has 2 aromatic rings. The molecule has 0 spiro atoms. The lowest BCUT2D eigenvalue weighted by atomic mass is 10.2. The molecule has 0 fully saturated rings. The second kappa shape index (κ2) is 9.71. The zero-order valence-electron chi connectivity index (χ0n) is 15.8. The number of thiophene rings is 1. The molecule has 152 valence electrons. The number of ether oxygens (including phenoxy) is 1. The van der Waals surface area contributed by atoms with Gasteiger partial charge in [-0.25, -0.2) is 0 Å². The van der Waals surface area contributed by atoms with Crippen LogP contribution >= 0.6 is 23.1 Å². The average molecular weight is 433 g/mol. The third kappa shape index (κ3) is 5.68. The third-order valence-electron chi connectivity index (χ3n) is 4.14. The molecule has 2 heterocycles. The summed E-state index contributed by atoms with van der Waals surface area (Å²) in [6.45, 7) is 1.35. The zero-order chi connectivity index (χ0) is 20.8. The maximum atomic E-state index is 12.3. The number of rotatable bonds is 8. The molecule has 0 saturated carbocycles. The van der Waals surface area contributed by atoms with Crippen molar-refractivity contribution >= 4 is 52.4 Å². The summed E-state index contributed by atoms with van der Waals surface area (Å²) in [7, 11) is 0. The molecule has 29 heavy (non-hydrogen) atoms. The molecule has 1 aliphatic heterocycles. The monoisotopic (exact) mass is 432 g/mol. The number of para-hydroxylation sites is 1. The minimum atomic E-state index is -0.629. The predicted octanol–water partition coefficient (Wildman–Crippen LogP) is 2.29. The normalized spacial score (nSPS) is 13.0. The first-order chi connectivity index (χ1) is 13.9. The standard InChI is InChI=1S/C20H20N2O5S2/c1-13(23)21-9-8-14-6-7-18(29-14)16(24)11-27-20(26)10-22-15-4-2-3-5-17(15)28-12-19(22)25/h2-7H,8-12H2,1H3,(H,21,23). The van der Waals surface area contributed by atoms with E-state index in [0.29, 0.717) is 23.5 Å². The van der Waals surface area contributed by atoms with Crippen molar-refractivity contribution in [3.8, 4) is 0 Å². The van der Waals surface area contributed by atoms with Crippen molar-refractivity contribution in [3.63, 3.8) is 0 Å². The number of benzene rings is 1. The highest BCUT2D eigenvalue weighted by atomic mass is 32.2. The first kappa shape index (κ1) is 21.1. The molecule has 0 bridgehead atoms. The van der Waals surface area contributed by atoms with Crippen molar-refractivity contribution in [1.82, 2.24) is 5.32 Å². The lowest BCUT2D eigenvalue weighted by molar-refractivity contribution is -0.141. The van der Waals surface area contributed by atoms with Crippen LogP contribution in [0.1, 0.15) is 21.5 Å². The van der Waals surface area contributed by atoms with Gasteiger partial charge in [0.25, 0.3) is 0 Å². The molecule has 9 heteroatoms. The summed E-state index contributed by atoms with van der Waals surface area (Å²) in [6, 6.07) is 10.9. The molecule has 1 aliphatic rings. The van der Waals surface area contributed by atoms with E-state index < -0.39 is 5.97 Å². The van der Waals surface area contributed by atoms with E-state index in [9.17, 15) is 19.2 Å². The lowest BCUT2D eigenvalue weighted by Gasteiger charge is -2.27. The number of nitrogens with one attached hydrogen (secondary N) is 1. The van der Waals surface area contributed by atoms with Gasteiger partial charge in [0.1, 0.15) is 6.54 Å². The number of carbonyl (C=O) groups is 4. The topological polar surface area (TPSA) is 92.8 Å². The number of hydrogen-bond acceptors (Lipinski definition) is 7. The van der Waals surface area contributed by atoms with Crippen LogP contribution in [0.3, 0.4) is 0 Å². The summed E-state index contributed by atoms with van der Waals surface area (Å²) in [5.41, 5.74) is 0.680. The Bertz CT molecular complexity index is 940. The summed E-state index contributed by atoms with van der Waals surface area (Å²) in [5, 5.41) is 2.70. The molecule has 0 atom stereocenters. The number of hydrogen-bond donors (Lipinski definition) is 1. The molecule has 1 N–H and O–H groups in total. The van der Waals surface area contributed by atoms with Crippen LogP contribution in [0, 0.1) is 0 Å². The number of anilines is 1. The van der Waals surface area contributed by atoms with Gasteiger partial charge in [0.05, 0.1) is 16.3 Å². The quantitative estimate of drug-likeness (QED) is 0.508. The molecule has 2 amide bonds. The highest BCUT2D eigenvalue weighted by Gasteiger charge is 2.27. The van der Waals surface area contributed by atoms with E-state index >= 15 is 0 Å². The zero-order valence-corrected chi connectivity index (χ0v) is 17.4. The van der Waals surface area contributed by atoms with E-state index in [1.54, 1.807) is 18.2 Å². The van der Waals surface area contributed by atoms with E-state index in [4.69, 9.17) is 4.74 Å². The van der Waals surface area contributed by atoms with Crippen LogP contribution in [0.4, 0.5) is 5.69 Å². The van der Waals surface area contributed by atoms with Gasteiger partial charge in [-0.3, -0.25) is 24.1 Å². The average Bonchev–Trinajstić information content (AvgIpc) is 3.17. The smallest absolute Gasteiger partial charge is 0.326 e. The van der Waals surface area contributed by atoms with Crippen molar-refractivity contribution in [2.75, 3.05) is 30.3 Å². The Morgan fingerprint density at radius 1 is 1.17 bits per heavy atom. The Morgan fingerprint density at radius 2 is 1.97 bits per heavy atom. The molecule has 0 aliphatic carbocycles. The van der Waals surface area contributed by atoms with E-state index in [1.165, 1.54) is 34.9 Å². The molecule has 1 aromatic carbocycles. The van der Waals surface area contributed by atoms with E-state index in [2.05, 4.69) is 5.32 Å². The van der Waals surface area contributed by atoms with Crippen LogP contribution in [0.25, 0.3) is 0 Å². The van der Waals surface area contributed by atoms with E-state index in [1.807, 2.05) is 18.2 Å². The number of fused-ring (bicyclic) bond motifs is 1. The number of nitrogens with zero attached hydrogens (tertiary/aromatic N) is 1. The Kier molecular flexibility index (Phi) is 7.05. The van der Waals surface area contributed by atoms with Crippen molar-refractivity contribution in [3.05, 3.63) is 46.2 Å². The number of ketones is 1. The van der Waals surface area contributed by atoms with Gasteiger partial charge in [-0.05, 0) is 30.7 Å². The van der Waals surface area contributed by atoms with Gasteiger partial charge in [-0.1, -0.05) is 12.1 Å². The van der Waals surface area contributed by atoms with Gasteiger partial charge in [0.2, 0.25) is 17.6 Å². The Balaban J connectivity index is 1.51.